The predicted molar refractivity (Wildman–Crippen MR) is 274 cm³/mol. The minimum Gasteiger partial charge on any atom is -0.456 e. The van der Waals surface area contributed by atoms with E-state index in [2.05, 4.69) is 254 Å². The summed E-state index contributed by atoms with van der Waals surface area (Å²) in [5.74, 6) is 0. The molecule has 0 fully saturated rings. The van der Waals surface area contributed by atoms with Gasteiger partial charge in [0.1, 0.15) is 11.2 Å². The fourth-order valence-electron chi connectivity index (χ4n) is 11.4. The molecule has 4 heteroatoms. The third kappa shape index (κ3) is 5.12. The SMILES string of the molecule is c1ccc(-c2ccc3c(c2)[Si](c2ccccc2)(c2ccccc2)c2cc4c(oc5ccccc54)c4c2N3c2ccc(-c3ccccc3)cc2[Si]4(c2ccccc2)c2ccccc2)cc1. The van der Waals surface area contributed by atoms with Crippen molar-refractivity contribution >= 4 is 96.6 Å². The second-order valence-electron chi connectivity index (χ2n) is 17.1. The second kappa shape index (κ2) is 14.4. The number of furan rings is 1. The zero-order chi connectivity index (χ0) is 42.2. The Morgan fingerprint density at radius 3 is 1.20 bits per heavy atom. The van der Waals surface area contributed by atoms with E-state index >= 15 is 0 Å². The lowest BCUT2D eigenvalue weighted by molar-refractivity contribution is 0.671. The topological polar surface area (TPSA) is 16.4 Å². The highest BCUT2D eigenvalue weighted by atomic mass is 28.3. The van der Waals surface area contributed by atoms with Gasteiger partial charge in [0.25, 0.3) is 0 Å². The maximum atomic E-state index is 7.42. The van der Waals surface area contributed by atoms with Crippen LogP contribution >= 0.6 is 0 Å². The van der Waals surface area contributed by atoms with Crippen molar-refractivity contribution in [3.8, 4) is 22.3 Å². The van der Waals surface area contributed by atoms with Gasteiger partial charge in [-0.3, -0.25) is 0 Å². The fourth-order valence-corrected chi connectivity index (χ4v) is 21.9. The molecule has 0 atom stereocenters. The summed E-state index contributed by atoms with van der Waals surface area (Å²) < 4.78 is 7.42. The standard InChI is InChI=1S/C60H41NOSi2/c1-7-21-42(22-8-1)44-35-37-52-55(39-44)63(46-25-11-3-12-26-46,47-27-13-4-14-28-47)57-41-51-50-33-19-20-34-54(50)62-59(51)60-58(57)61(52)53-38-36-45(43-23-9-2-10-24-43)40-56(53)64(60,48-29-15-5-16-30-48)49-31-17-6-18-32-49/h1-41H. The monoisotopic (exact) mass is 847 g/mol. The van der Waals surface area contributed by atoms with Crippen molar-refractivity contribution in [2.45, 2.75) is 0 Å². The Balaban J connectivity index is 1.31. The molecule has 300 valence electrons. The van der Waals surface area contributed by atoms with Crippen LogP contribution in [-0.2, 0) is 0 Å². The van der Waals surface area contributed by atoms with Gasteiger partial charge >= 0.3 is 0 Å². The van der Waals surface area contributed by atoms with Gasteiger partial charge in [0.05, 0.1) is 5.69 Å². The van der Waals surface area contributed by atoms with Crippen LogP contribution in [0.5, 0.6) is 0 Å². The molecule has 0 bridgehead atoms. The van der Waals surface area contributed by atoms with Crippen LogP contribution < -0.4 is 46.4 Å². The Morgan fingerprint density at radius 2 is 0.719 bits per heavy atom. The molecule has 0 amide bonds. The Morgan fingerprint density at radius 1 is 0.312 bits per heavy atom. The highest BCUT2D eigenvalue weighted by Crippen LogP contribution is 2.45. The first-order valence-corrected chi connectivity index (χ1v) is 26.2. The molecule has 2 nitrogen and oxygen atoms in total. The molecule has 0 saturated carbocycles. The molecule has 0 N–H and O–H groups in total. The minimum absolute atomic E-state index is 0.908. The van der Waals surface area contributed by atoms with E-state index in [9.17, 15) is 0 Å². The molecule has 1 aromatic heterocycles. The zero-order valence-corrected chi connectivity index (χ0v) is 37.0. The second-order valence-corrected chi connectivity index (χ2v) is 24.5. The Bertz CT molecular complexity index is 3450. The van der Waals surface area contributed by atoms with E-state index in [0.717, 1.165) is 16.6 Å². The lowest BCUT2D eigenvalue weighted by atomic mass is 10.0. The first kappa shape index (κ1) is 36.8. The molecular formula is C60H41NOSi2. The van der Waals surface area contributed by atoms with Gasteiger partial charge in [-0.1, -0.05) is 224 Å². The highest BCUT2D eigenvalue weighted by Gasteiger charge is 2.58. The van der Waals surface area contributed by atoms with Crippen LogP contribution in [0, 0.1) is 0 Å². The number of para-hydroxylation sites is 1. The molecule has 0 saturated heterocycles. The normalized spacial score (nSPS) is 14.2. The number of hydrogen-bond donors (Lipinski definition) is 0. The van der Waals surface area contributed by atoms with Gasteiger partial charge in [-0.05, 0) is 82.8 Å². The minimum atomic E-state index is -3.29. The molecule has 2 aliphatic rings. The molecule has 0 unspecified atom stereocenters. The van der Waals surface area contributed by atoms with Crippen LogP contribution in [0.3, 0.4) is 0 Å². The summed E-state index contributed by atoms with van der Waals surface area (Å²) in [5.41, 5.74) is 10.4. The molecule has 64 heavy (non-hydrogen) atoms. The maximum absolute atomic E-state index is 7.42. The van der Waals surface area contributed by atoms with Crippen molar-refractivity contribution in [3.63, 3.8) is 0 Å². The summed E-state index contributed by atoms with van der Waals surface area (Å²) in [4.78, 5) is 2.65. The van der Waals surface area contributed by atoms with Crippen molar-refractivity contribution < 1.29 is 4.42 Å². The van der Waals surface area contributed by atoms with Gasteiger partial charge in [0, 0.05) is 27.3 Å². The lowest BCUT2D eigenvalue weighted by Crippen LogP contribution is -2.82. The Hall–Kier alpha value is -7.77. The van der Waals surface area contributed by atoms with Crippen molar-refractivity contribution in [3.05, 3.63) is 249 Å². The number of nitrogens with zero attached hydrogens (tertiary/aromatic N) is 1. The van der Waals surface area contributed by atoms with Crippen molar-refractivity contribution in [1.29, 1.82) is 0 Å². The lowest BCUT2D eigenvalue weighted by Gasteiger charge is -2.52. The van der Waals surface area contributed by atoms with Crippen molar-refractivity contribution in [2.75, 3.05) is 4.90 Å². The van der Waals surface area contributed by atoms with Gasteiger partial charge in [0.2, 0.25) is 0 Å². The van der Waals surface area contributed by atoms with Gasteiger partial charge in [-0.2, -0.15) is 0 Å². The molecule has 10 aromatic carbocycles. The summed E-state index contributed by atoms with van der Waals surface area (Å²) >= 11 is 0. The fraction of sp³-hybridized carbons (Fsp3) is 0. The number of rotatable bonds is 6. The first-order chi connectivity index (χ1) is 31.8. The third-order valence-corrected chi connectivity index (χ3v) is 23.6. The Labute approximate surface area is 375 Å². The summed E-state index contributed by atoms with van der Waals surface area (Å²) in [6.45, 7) is 0. The first-order valence-electron chi connectivity index (χ1n) is 22.2. The molecule has 2 aliphatic heterocycles. The van der Waals surface area contributed by atoms with E-state index < -0.39 is 16.1 Å². The van der Waals surface area contributed by atoms with Gasteiger partial charge in [0.15, 0.2) is 16.1 Å². The average Bonchev–Trinajstić information content (AvgIpc) is 3.76. The molecule has 11 aromatic rings. The highest BCUT2D eigenvalue weighted by molar-refractivity contribution is 7.25. The van der Waals surface area contributed by atoms with Crippen molar-refractivity contribution in [2.24, 2.45) is 0 Å². The number of anilines is 3. The van der Waals surface area contributed by atoms with Crippen LogP contribution in [0.15, 0.2) is 253 Å². The zero-order valence-electron chi connectivity index (χ0n) is 35.0. The van der Waals surface area contributed by atoms with E-state index in [4.69, 9.17) is 4.42 Å². The maximum Gasteiger partial charge on any atom is 0.188 e. The van der Waals surface area contributed by atoms with Crippen LogP contribution in [0.1, 0.15) is 0 Å². The molecule has 13 rings (SSSR count). The molecule has 0 radical (unpaired) electrons. The average molecular weight is 848 g/mol. The number of hydrogen-bond acceptors (Lipinski definition) is 2. The van der Waals surface area contributed by atoms with Gasteiger partial charge in [-0.15, -0.1) is 0 Å². The van der Waals surface area contributed by atoms with E-state index in [1.54, 1.807) is 0 Å². The van der Waals surface area contributed by atoms with Crippen LogP contribution in [0.4, 0.5) is 17.1 Å². The quantitative estimate of drug-likeness (QED) is 0.155. The summed E-state index contributed by atoms with van der Waals surface area (Å²) in [5, 5.41) is 13.1. The molecule has 0 spiro atoms. The third-order valence-electron chi connectivity index (χ3n) is 14.0. The van der Waals surface area contributed by atoms with E-state index in [1.165, 1.54) is 86.2 Å². The largest absolute Gasteiger partial charge is 0.456 e. The molecule has 0 aliphatic carbocycles. The predicted octanol–water partition coefficient (Wildman–Crippen LogP) is 9.77. The number of benzene rings is 10. The molecule has 3 heterocycles. The van der Waals surface area contributed by atoms with Gasteiger partial charge in [-0.25, -0.2) is 0 Å². The van der Waals surface area contributed by atoms with Gasteiger partial charge < -0.3 is 9.32 Å². The summed E-state index contributed by atoms with van der Waals surface area (Å²) in [6, 6.07) is 93.4. The van der Waals surface area contributed by atoms with E-state index in [-0.39, 0.29) is 0 Å². The van der Waals surface area contributed by atoms with Crippen LogP contribution in [-0.4, -0.2) is 16.1 Å². The Kier molecular flexibility index (Phi) is 8.29. The van der Waals surface area contributed by atoms with Crippen LogP contribution in [0.2, 0.25) is 0 Å². The van der Waals surface area contributed by atoms with E-state index in [1.807, 2.05) is 0 Å². The molecular weight excluding hydrogens is 807 g/mol. The van der Waals surface area contributed by atoms with Crippen LogP contribution in [0.25, 0.3) is 44.2 Å². The summed E-state index contributed by atoms with van der Waals surface area (Å²) in [7, 11) is -6.47. The van der Waals surface area contributed by atoms with E-state index in [0.29, 0.717) is 0 Å². The number of fused-ring (bicyclic) bond motifs is 8. The summed E-state index contributed by atoms with van der Waals surface area (Å²) in [6.07, 6.45) is 0. The van der Waals surface area contributed by atoms with Crippen molar-refractivity contribution in [1.82, 2.24) is 0 Å². The smallest absolute Gasteiger partial charge is 0.188 e.